The summed E-state index contributed by atoms with van der Waals surface area (Å²) in [7, 11) is 0. The largest absolute Gasteiger partial charge is 0.494 e. The van der Waals surface area contributed by atoms with E-state index in [1.807, 2.05) is 50.2 Å². The minimum absolute atomic E-state index is 0.498. The van der Waals surface area contributed by atoms with Gasteiger partial charge in [-0.2, -0.15) is 0 Å². The second-order valence-electron chi connectivity index (χ2n) is 4.04. The molecule has 0 unspecified atom stereocenters. The van der Waals surface area contributed by atoms with Crippen LogP contribution in [0.25, 0.3) is 11.3 Å². The number of hydrogen-bond donors (Lipinski definition) is 0. The van der Waals surface area contributed by atoms with Crippen molar-refractivity contribution < 1.29 is 4.74 Å². The molecule has 0 saturated carbocycles. The van der Waals surface area contributed by atoms with Crippen LogP contribution >= 0.6 is 11.6 Å². The molecule has 1 heterocycles. The predicted molar refractivity (Wildman–Crippen MR) is 75.1 cm³/mol. The van der Waals surface area contributed by atoms with Gasteiger partial charge in [-0.1, -0.05) is 18.2 Å². The third kappa shape index (κ3) is 2.82. The molecule has 3 heteroatoms. The van der Waals surface area contributed by atoms with Crippen LogP contribution in [0.2, 0.25) is 0 Å². The Bertz CT molecular complexity index is 540. The lowest BCUT2D eigenvalue weighted by molar-refractivity contribution is 0.340. The van der Waals surface area contributed by atoms with Crippen LogP contribution in [-0.2, 0) is 5.88 Å². The average Bonchev–Trinajstić information content (AvgIpc) is 2.39. The van der Waals surface area contributed by atoms with Gasteiger partial charge in [-0.15, -0.1) is 11.6 Å². The highest BCUT2D eigenvalue weighted by Crippen LogP contribution is 2.23. The number of alkyl halides is 1. The Morgan fingerprint density at radius 2 is 2.06 bits per heavy atom. The molecule has 0 amide bonds. The molecule has 2 aromatic rings. The first-order valence-electron chi connectivity index (χ1n) is 6.00. The number of nitrogens with zero attached hydrogens (tertiary/aromatic N) is 1. The molecule has 18 heavy (non-hydrogen) atoms. The Balaban J connectivity index is 2.36. The van der Waals surface area contributed by atoms with Crippen LogP contribution < -0.4 is 4.74 Å². The number of halogens is 1. The van der Waals surface area contributed by atoms with Crippen LogP contribution in [0.1, 0.15) is 18.2 Å². The van der Waals surface area contributed by atoms with Crippen LogP contribution in [-0.4, -0.2) is 11.6 Å². The molecule has 0 spiro atoms. The Labute approximate surface area is 113 Å². The van der Waals surface area contributed by atoms with Gasteiger partial charge in [0.05, 0.1) is 12.3 Å². The fraction of sp³-hybridized carbons (Fsp3) is 0.267. The van der Waals surface area contributed by atoms with E-state index >= 15 is 0 Å². The van der Waals surface area contributed by atoms with E-state index in [0.717, 1.165) is 28.3 Å². The van der Waals surface area contributed by atoms with Gasteiger partial charge >= 0.3 is 0 Å². The molecule has 94 valence electrons. The molecule has 1 aromatic carbocycles. The molecule has 0 saturated heterocycles. The first kappa shape index (κ1) is 12.9. The van der Waals surface area contributed by atoms with Gasteiger partial charge < -0.3 is 4.74 Å². The van der Waals surface area contributed by atoms with Crippen molar-refractivity contribution in [1.29, 1.82) is 0 Å². The Morgan fingerprint density at radius 1 is 1.22 bits per heavy atom. The third-order valence-corrected chi connectivity index (χ3v) is 3.07. The van der Waals surface area contributed by atoms with Crippen molar-refractivity contribution in [2.75, 3.05) is 6.61 Å². The number of aromatic nitrogens is 1. The predicted octanol–water partition coefficient (Wildman–Crippen LogP) is 4.19. The van der Waals surface area contributed by atoms with Crippen molar-refractivity contribution in [2.24, 2.45) is 0 Å². The van der Waals surface area contributed by atoms with Gasteiger partial charge in [0.25, 0.3) is 0 Å². The van der Waals surface area contributed by atoms with Crippen LogP contribution in [0.15, 0.2) is 36.4 Å². The minimum Gasteiger partial charge on any atom is -0.494 e. The molecule has 0 aliphatic carbocycles. The Hall–Kier alpha value is -1.54. The van der Waals surface area contributed by atoms with Crippen molar-refractivity contribution in [3.8, 4) is 17.0 Å². The maximum atomic E-state index is 5.84. The molecule has 2 nitrogen and oxygen atoms in total. The van der Waals surface area contributed by atoms with E-state index in [-0.39, 0.29) is 0 Å². The summed E-state index contributed by atoms with van der Waals surface area (Å²) in [4.78, 5) is 4.58. The van der Waals surface area contributed by atoms with Crippen LogP contribution in [0, 0.1) is 6.92 Å². The van der Waals surface area contributed by atoms with E-state index in [9.17, 15) is 0 Å². The third-order valence-electron chi connectivity index (χ3n) is 2.78. The summed E-state index contributed by atoms with van der Waals surface area (Å²) in [6.45, 7) is 4.62. The van der Waals surface area contributed by atoms with Gasteiger partial charge in [0.15, 0.2) is 0 Å². The molecule has 0 N–H and O–H groups in total. The van der Waals surface area contributed by atoms with E-state index < -0.39 is 0 Å². The van der Waals surface area contributed by atoms with Crippen LogP contribution in [0.3, 0.4) is 0 Å². The van der Waals surface area contributed by atoms with Crippen LogP contribution in [0.5, 0.6) is 5.75 Å². The highest BCUT2D eigenvalue weighted by atomic mass is 35.5. The lowest BCUT2D eigenvalue weighted by Gasteiger charge is -2.08. The van der Waals surface area contributed by atoms with Gasteiger partial charge in [-0.3, -0.25) is 4.98 Å². The molecule has 2 rings (SSSR count). The standard InChI is InChI=1S/C15H16ClNO/c1-3-18-14-6-4-5-12(9-14)15-8-7-13(10-16)11(2)17-15/h4-9H,3,10H2,1-2H3. The Morgan fingerprint density at radius 3 is 2.72 bits per heavy atom. The molecule has 0 fully saturated rings. The van der Waals surface area contributed by atoms with Crippen molar-refractivity contribution >= 4 is 11.6 Å². The van der Waals surface area contributed by atoms with Crippen molar-refractivity contribution in [3.05, 3.63) is 47.7 Å². The fourth-order valence-electron chi connectivity index (χ4n) is 1.80. The summed E-state index contributed by atoms with van der Waals surface area (Å²) >= 11 is 5.84. The summed E-state index contributed by atoms with van der Waals surface area (Å²) in [5.41, 5.74) is 4.05. The highest BCUT2D eigenvalue weighted by Gasteiger charge is 2.04. The summed E-state index contributed by atoms with van der Waals surface area (Å²) < 4.78 is 5.49. The lowest BCUT2D eigenvalue weighted by atomic mass is 10.1. The van der Waals surface area contributed by atoms with Crippen molar-refractivity contribution in [1.82, 2.24) is 4.98 Å². The maximum Gasteiger partial charge on any atom is 0.119 e. The van der Waals surface area contributed by atoms with Gasteiger partial charge in [0.1, 0.15) is 5.75 Å². The lowest BCUT2D eigenvalue weighted by Crippen LogP contribution is -1.94. The fourth-order valence-corrected chi connectivity index (χ4v) is 2.09. The second-order valence-corrected chi connectivity index (χ2v) is 4.30. The summed E-state index contributed by atoms with van der Waals surface area (Å²) in [6.07, 6.45) is 0. The van der Waals surface area contributed by atoms with Gasteiger partial charge in [0, 0.05) is 17.1 Å². The average molecular weight is 262 g/mol. The molecule has 0 aliphatic heterocycles. The molecular formula is C15H16ClNO. The summed E-state index contributed by atoms with van der Waals surface area (Å²) in [6, 6.07) is 12.0. The molecule has 0 aliphatic rings. The molecule has 0 radical (unpaired) electrons. The van der Waals surface area contributed by atoms with E-state index in [1.54, 1.807) is 0 Å². The van der Waals surface area contributed by atoms with Crippen molar-refractivity contribution in [2.45, 2.75) is 19.7 Å². The number of pyridine rings is 1. The molecule has 0 atom stereocenters. The number of ether oxygens (including phenoxy) is 1. The SMILES string of the molecule is CCOc1cccc(-c2ccc(CCl)c(C)n2)c1. The maximum absolute atomic E-state index is 5.84. The van der Waals surface area contributed by atoms with E-state index in [1.165, 1.54) is 0 Å². The van der Waals surface area contributed by atoms with Gasteiger partial charge in [0.2, 0.25) is 0 Å². The monoisotopic (exact) mass is 261 g/mol. The van der Waals surface area contributed by atoms with E-state index in [4.69, 9.17) is 16.3 Å². The smallest absolute Gasteiger partial charge is 0.119 e. The zero-order chi connectivity index (χ0) is 13.0. The summed E-state index contributed by atoms with van der Waals surface area (Å²) in [5, 5.41) is 0. The molecule has 1 aromatic heterocycles. The van der Waals surface area contributed by atoms with Gasteiger partial charge in [-0.25, -0.2) is 0 Å². The normalized spacial score (nSPS) is 10.4. The minimum atomic E-state index is 0.498. The van der Waals surface area contributed by atoms with Crippen molar-refractivity contribution in [3.63, 3.8) is 0 Å². The topological polar surface area (TPSA) is 22.1 Å². The zero-order valence-corrected chi connectivity index (χ0v) is 11.4. The number of rotatable bonds is 4. The highest BCUT2D eigenvalue weighted by molar-refractivity contribution is 6.17. The van der Waals surface area contributed by atoms with Crippen LogP contribution in [0.4, 0.5) is 0 Å². The van der Waals surface area contributed by atoms with E-state index in [0.29, 0.717) is 12.5 Å². The quantitative estimate of drug-likeness (QED) is 0.770. The number of hydrogen-bond acceptors (Lipinski definition) is 2. The number of benzene rings is 1. The Kier molecular flexibility index (Phi) is 4.21. The number of aryl methyl sites for hydroxylation is 1. The first-order valence-corrected chi connectivity index (χ1v) is 6.53. The zero-order valence-electron chi connectivity index (χ0n) is 10.6. The second kappa shape index (κ2) is 5.87. The van der Waals surface area contributed by atoms with E-state index in [2.05, 4.69) is 4.98 Å². The molecular weight excluding hydrogens is 246 g/mol. The summed E-state index contributed by atoms with van der Waals surface area (Å²) in [5.74, 6) is 1.37. The first-order chi connectivity index (χ1) is 8.74. The molecule has 0 bridgehead atoms. The van der Waals surface area contributed by atoms with Gasteiger partial charge in [-0.05, 0) is 37.6 Å².